The van der Waals surface area contributed by atoms with Crippen LogP contribution in [0.25, 0.3) is 0 Å². The molecular formula is C6H12N2O2S. The van der Waals surface area contributed by atoms with Crippen LogP contribution in [0.2, 0.25) is 0 Å². The van der Waals surface area contributed by atoms with E-state index in [2.05, 4.69) is 15.3 Å². The number of carbonyl (C=O) groups excluding carboxylic acids is 1. The summed E-state index contributed by atoms with van der Waals surface area (Å²) in [5, 5.41) is 6.69. The SMILES string of the molecule is CC/C(=N/OC(=O)NC)SC. The van der Waals surface area contributed by atoms with E-state index in [9.17, 15) is 4.79 Å². The third-order valence-electron chi connectivity index (χ3n) is 0.973. The van der Waals surface area contributed by atoms with Gasteiger partial charge in [0.15, 0.2) is 0 Å². The highest BCUT2D eigenvalue weighted by atomic mass is 32.2. The fourth-order valence-corrected chi connectivity index (χ4v) is 0.785. The first-order valence-corrected chi connectivity index (χ1v) is 4.46. The standard InChI is InChI=1S/C6H12N2O2S/c1-4-5(11-3)8-10-6(9)7-2/h4H2,1-3H3,(H,7,9)/b8-5-. The van der Waals surface area contributed by atoms with Crippen LogP contribution in [-0.2, 0) is 4.84 Å². The van der Waals surface area contributed by atoms with E-state index in [-0.39, 0.29) is 0 Å². The third kappa shape index (κ3) is 4.66. The number of hydrogen-bond acceptors (Lipinski definition) is 4. The molecular weight excluding hydrogens is 164 g/mol. The highest BCUT2D eigenvalue weighted by molar-refractivity contribution is 8.13. The molecule has 11 heavy (non-hydrogen) atoms. The lowest BCUT2D eigenvalue weighted by atomic mass is 10.5. The van der Waals surface area contributed by atoms with Crippen molar-refractivity contribution in [2.75, 3.05) is 13.3 Å². The minimum atomic E-state index is -0.537. The Morgan fingerprint density at radius 2 is 2.36 bits per heavy atom. The predicted octanol–water partition coefficient (Wildman–Crippen LogP) is 1.43. The molecule has 0 bridgehead atoms. The summed E-state index contributed by atoms with van der Waals surface area (Å²) in [5.41, 5.74) is 0. The van der Waals surface area contributed by atoms with Crippen LogP contribution in [0, 0.1) is 0 Å². The summed E-state index contributed by atoms with van der Waals surface area (Å²) < 4.78 is 0. The molecule has 0 atom stereocenters. The van der Waals surface area contributed by atoms with Gasteiger partial charge in [0, 0.05) is 7.05 Å². The van der Waals surface area contributed by atoms with Crippen molar-refractivity contribution in [3.05, 3.63) is 0 Å². The monoisotopic (exact) mass is 176 g/mol. The Morgan fingerprint density at radius 3 is 2.73 bits per heavy atom. The molecule has 0 unspecified atom stereocenters. The number of nitrogens with zero attached hydrogens (tertiary/aromatic N) is 1. The number of carbonyl (C=O) groups is 1. The molecule has 0 aromatic carbocycles. The minimum absolute atomic E-state index is 0.537. The zero-order valence-electron chi connectivity index (χ0n) is 6.88. The van der Waals surface area contributed by atoms with E-state index in [1.54, 1.807) is 0 Å². The van der Waals surface area contributed by atoms with E-state index in [1.165, 1.54) is 18.8 Å². The van der Waals surface area contributed by atoms with E-state index in [0.717, 1.165) is 11.5 Å². The average molecular weight is 176 g/mol. The highest BCUT2D eigenvalue weighted by Gasteiger charge is 1.97. The number of hydrogen-bond donors (Lipinski definition) is 1. The molecule has 64 valence electrons. The molecule has 1 amide bonds. The molecule has 0 aromatic heterocycles. The molecule has 0 fully saturated rings. The molecule has 0 aliphatic heterocycles. The molecule has 0 radical (unpaired) electrons. The summed E-state index contributed by atoms with van der Waals surface area (Å²) in [4.78, 5) is 15.0. The van der Waals surface area contributed by atoms with E-state index < -0.39 is 6.09 Å². The number of amides is 1. The Kier molecular flexibility index (Phi) is 5.64. The normalized spacial score (nSPS) is 11.0. The van der Waals surface area contributed by atoms with E-state index in [1.807, 2.05) is 13.2 Å². The van der Waals surface area contributed by atoms with Crippen molar-refractivity contribution in [2.24, 2.45) is 5.16 Å². The molecule has 0 spiro atoms. The third-order valence-corrected chi connectivity index (χ3v) is 1.81. The summed E-state index contributed by atoms with van der Waals surface area (Å²) in [7, 11) is 1.49. The molecule has 0 heterocycles. The van der Waals surface area contributed by atoms with Gasteiger partial charge in [-0.05, 0) is 12.7 Å². The number of oxime groups is 1. The average Bonchev–Trinajstić information content (AvgIpc) is 2.06. The first-order chi connectivity index (χ1) is 5.24. The lowest BCUT2D eigenvalue weighted by Gasteiger charge is -1.97. The second-order valence-corrected chi connectivity index (χ2v) is 2.55. The quantitative estimate of drug-likeness (QED) is 0.300. The lowest BCUT2D eigenvalue weighted by molar-refractivity contribution is 0.153. The van der Waals surface area contributed by atoms with Crippen LogP contribution < -0.4 is 5.32 Å². The molecule has 0 aliphatic rings. The summed E-state index contributed by atoms with van der Waals surface area (Å²) in [5.74, 6) is 0. The van der Waals surface area contributed by atoms with Crippen molar-refractivity contribution >= 4 is 22.9 Å². The van der Waals surface area contributed by atoms with Crippen molar-refractivity contribution in [3.63, 3.8) is 0 Å². The maximum Gasteiger partial charge on any atom is 0.433 e. The van der Waals surface area contributed by atoms with Gasteiger partial charge in [-0.3, -0.25) is 4.84 Å². The van der Waals surface area contributed by atoms with Crippen molar-refractivity contribution in [1.82, 2.24) is 5.32 Å². The molecule has 0 aliphatic carbocycles. The Bertz CT molecular complexity index is 153. The molecule has 4 nitrogen and oxygen atoms in total. The molecule has 5 heteroatoms. The fraction of sp³-hybridized carbons (Fsp3) is 0.667. The van der Waals surface area contributed by atoms with Gasteiger partial charge in [0.2, 0.25) is 0 Å². The Labute approximate surface area is 70.4 Å². The first kappa shape index (κ1) is 10.3. The predicted molar refractivity (Wildman–Crippen MR) is 46.8 cm³/mol. The van der Waals surface area contributed by atoms with Gasteiger partial charge < -0.3 is 5.32 Å². The first-order valence-electron chi connectivity index (χ1n) is 3.24. The summed E-state index contributed by atoms with van der Waals surface area (Å²) in [6.45, 7) is 1.95. The largest absolute Gasteiger partial charge is 0.433 e. The maximum atomic E-state index is 10.5. The van der Waals surface area contributed by atoms with Gasteiger partial charge in [-0.1, -0.05) is 12.1 Å². The summed E-state index contributed by atoms with van der Waals surface area (Å²) >= 11 is 1.47. The maximum absolute atomic E-state index is 10.5. The number of nitrogens with one attached hydrogen (secondary N) is 1. The number of thioether (sulfide) groups is 1. The zero-order chi connectivity index (χ0) is 8.69. The Balaban J connectivity index is 3.78. The van der Waals surface area contributed by atoms with E-state index >= 15 is 0 Å². The van der Waals surface area contributed by atoms with Gasteiger partial charge in [-0.2, -0.15) is 0 Å². The van der Waals surface area contributed by atoms with Gasteiger partial charge >= 0.3 is 6.09 Å². The summed E-state index contributed by atoms with van der Waals surface area (Å²) in [6.07, 6.45) is 2.12. The van der Waals surface area contributed by atoms with Crippen LogP contribution in [0.5, 0.6) is 0 Å². The Hall–Kier alpha value is -0.710. The molecule has 0 saturated heterocycles. The van der Waals surface area contributed by atoms with Gasteiger partial charge in [0.1, 0.15) is 5.04 Å². The van der Waals surface area contributed by atoms with Crippen LogP contribution in [0.4, 0.5) is 4.79 Å². The van der Waals surface area contributed by atoms with E-state index in [0.29, 0.717) is 0 Å². The van der Waals surface area contributed by atoms with Crippen molar-refractivity contribution in [1.29, 1.82) is 0 Å². The molecule has 1 N–H and O–H groups in total. The highest BCUT2D eigenvalue weighted by Crippen LogP contribution is 2.02. The molecule has 0 rings (SSSR count). The van der Waals surface area contributed by atoms with Crippen LogP contribution >= 0.6 is 11.8 Å². The van der Waals surface area contributed by atoms with Crippen molar-refractivity contribution < 1.29 is 9.63 Å². The van der Waals surface area contributed by atoms with Crippen LogP contribution in [0.3, 0.4) is 0 Å². The smallest absolute Gasteiger partial charge is 0.323 e. The minimum Gasteiger partial charge on any atom is -0.323 e. The molecule has 0 aromatic rings. The van der Waals surface area contributed by atoms with Gasteiger partial charge in [0.25, 0.3) is 0 Å². The van der Waals surface area contributed by atoms with Crippen molar-refractivity contribution in [3.8, 4) is 0 Å². The number of rotatable bonds is 2. The second kappa shape index (κ2) is 6.03. The zero-order valence-corrected chi connectivity index (χ0v) is 7.70. The van der Waals surface area contributed by atoms with Crippen molar-refractivity contribution in [2.45, 2.75) is 13.3 Å². The topological polar surface area (TPSA) is 50.7 Å². The fourth-order valence-electron chi connectivity index (χ4n) is 0.384. The van der Waals surface area contributed by atoms with Gasteiger partial charge in [-0.25, -0.2) is 4.79 Å². The molecule has 0 saturated carbocycles. The van der Waals surface area contributed by atoms with Gasteiger partial charge in [0.05, 0.1) is 0 Å². The van der Waals surface area contributed by atoms with Gasteiger partial charge in [-0.15, -0.1) is 11.8 Å². The Morgan fingerprint density at radius 1 is 1.73 bits per heavy atom. The van der Waals surface area contributed by atoms with Crippen LogP contribution in [0.1, 0.15) is 13.3 Å². The summed E-state index contributed by atoms with van der Waals surface area (Å²) in [6, 6.07) is 0. The van der Waals surface area contributed by atoms with E-state index in [4.69, 9.17) is 0 Å². The van der Waals surface area contributed by atoms with Crippen LogP contribution in [0.15, 0.2) is 5.16 Å². The van der Waals surface area contributed by atoms with Crippen LogP contribution in [-0.4, -0.2) is 24.4 Å². The second-order valence-electron chi connectivity index (χ2n) is 1.67. The lowest BCUT2D eigenvalue weighted by Crippen LogP contribution is -2.17.